The van der Waals surface area contributed by atoms with Crippen LogP contribution in [0, 0.1) is 22.5 Å². The van der Waals surface area contributed by atoms with Crippen LogP contribution in [0.5, 0.6) is 5.75 Å². The fourth-order valence-electron chi connectivity index (χ4n) is 3.11. The minimum atomic E-state index is -0.369. The maximum Gasteiger partial charge on any atom is 0.311 e. The zero-order valence-corrected chi connectivity index (χ0v) is 13.2. The molecule has 1 aromatic rings. The summed E-state index contributed by atoms with van der Waals surface area (Å²) in [5, 5.41) is 14.7. The standard InChI is InChI=1S/C16H24N2O3/c1-5-16(4)13(17-6-2)10-14(16)21-15-11(3)8-7-9-12(15)18(19)20/h7-9,13-14,17H,5-6,10H2,1-4H3. The predicted octanol–water partition coefficient (Wildman–Crippen LogP) is 3.45. The van der Waals surface area contributed by atoms with E-state index in [0.717, 1.165) is 24.9 Å². The quantitative estimate of drug-likeness (QED) is 0.644. The van der Waals surface area contributed by atoms with E-state index in [9.17, 15) is 10.1 Å². The van der Waals surface area contributed by atoms with Crippen molar-refractivity contribution in [2.24, 2.45) is 5.41 Å². The number of hydrogen-bond acceptors (Lipinski definition) is 4. The smallest absolute Gasteiger partial charge is 0.311 e. The molecule has 1 saturated carbocycles. The second kappa shape index (κ2) is 6.02. The molecule has 0 spiro atoms. The molecule has 1 fully saturated rings. The lowest BCUT2D eigenvalue weighted by atomic mass is 9.61. The van der Waals surface area contributed by atoms with E-state index < -0.39 is 0 Å². The van der Waals surface area contributed by atoms with E-state index in [-0.39, 0.29) is 22.1 Å². The van der Waals surface area contributed by atoms with Gasteiger partial charge >= 0.3 is 5.69 Å². The van der Waals surface area contributed by atoms with Crippen molar-refractivity contribution in [3.05, 3.63) is 33.9 Å². The Morgan fingerprint density at radius 2 is 2.19 bits per heavy atom. The van der Waals surface area contributed by atoms with E-state index in [1.54, 1.807) is 6.07 Å². The summed E-state index contributed by atoms with van der Waals surface area (Å²) in [4.78, 5) is 10.8. The molecule has 1 N–H and O–H groups in total. The van der Waals surface area contributed by atoms with Crippen molar-refractivity contribution in [2.45, 2.75) is 52.7 Å². The number of aryl methyl sites for hydroxylation is 1. The molecular formula is C16H24N2O3. The van der Waals surface area contributed by atoms with E-state index in [0.29, 0.717) is 11.8 Å². The summed E-state index contributed by atoms with van der Waals surface area (Å²) < 4.78 is 6.07. The fraction of sp³-hybridized carbons (Fsp3) is 0.625. The first-order valence-electron chi connectivity index (χ1n) is 7.58. The molecule has 0 bridgehead atoms. The third-order valence-electron chi connectivity index (χ3n) is 4.84. The number of hydrogen-bond donors (Lipinski definition) is 1. The molecular weight excluding hydrogens is 268 g/mol. The first-order valence-corrected chi connectivity index (χ1v) is 7.58. The minimum absolute atomic E-state index is 0.0198. The van der Waals surface area contributed by atoms with Crippen LogP contribution in [0.25, 0.3) is 0 Å². The SMILES string of the molecule is CCNC1CC(Oc2c(C)cccc2[N+](=O)[O-])C1(C)CC. The Hall–Kier alpha value is -1.62. The lowest BCUT2D eigenvalue weighted by Crippen LogP contribution is -2.63. The van der Waals surface area contributed by atoms with Crippen LogP contribution >= 0.6 is 0 Å². The average Bonchev–Trinajstić information content (AvgIpc) is 2.46. The molecule has 5 heteroatoms. The molecule has 0 aromatic heterocycles. The molecule has 5 nitrogen and oxygen atoms in total. The zero-order valence-electron chi connectivity index (χ0n) is 13.2. The number of ether oxygens (including phenoxy) is 1. The summed E-state index contributed by atoms with van der Waals surface area (Å²) in [5.41, 5.74) is 0.890. The number of nitro groups is 1. The Balaban J connectivity index is 2.22. The highest BCUT2D eigenvalue weighted by Gasteiger charge is 2.52. The van der Waals surface area contributed by atoms with Crippen molar-refractivity contribution in [3.8, 4) is 5.75 Å². The number of para-hydroxylation sites is 1. The zero-order chi connectivity index (χ0) is 15.6. The molecule has 2 rings (SSSR count). The van der Waals surface area contributed by atoms with Crippen LogP contribution in [0.4, 0.5) is 5.69 Å². The molecule has 0 saturated heterocycles. The highest BCUT2D eigenvalue weighted by molar-refractivity contribution is 5.51. The average molecular weight is 292 g/mol. The van der Waals surface area contributed by atoms with E-state index in [4.69, 9.17) is 4.74 Å². The van der Waals surface area contributed by atoms with Crippen LogP contribution in [0.2, 0.25) is 0 Å². The van der Waals surface area contributed by atoms with Crippen LogP contribution in [-0.4, -0.2) is 23.6 Å². The van der Waals surface area contributed by atoms with Gasteiger partial charge < -0.3 is 10.1 Å². The molecule has 1 aliphatic carbocycles. The number of nitrogens with zero attached hydrogens (tertiary/aromatic N) is 1. The second-order valence-electron chi connectivity index (χ2n) is 5.99. The molecule has 1 aromatic carbocycles. The van der Waals surface area contributed by atoms with Crippen LogP contribution in [0.3, 0.4) is 0 Å². The van der Waals surface area contributed by atoms with Gasteiger partial charge in [-0.15, -0.1) is 0 Å². The van der Waals surface area contributed by atoms with Gasteiger partial charge in [0, 0.05) is 23.9 Å². The first-order chi connectivity index (χ1) is 9.93. The predicted molar refractivity (Wildman–Crippen MR) is 82.7 cm³/mol. The largest absolute Gasteiger partial charge is 0.483 e. The van der Waals surface area contributed by atoms with Crippen LogP contribution in [-0.2, 0) is 0 Å². The molecule has 0 aliphatic heterocycles. The maximum atomic E-state index is 11.2. The van der Waals surface area contributed by atoms with Crippen molar-refractivity contribution in [2.75, 3.05) is 6.54 Å². The van der Waals surface area contributed by atoms with Gasteiger partial charge in [-0.2, -0.15) is 0 Å². The number of nitro benzene ring substituents is 1. The minimum Gasteiger partial charge on any atom is -0.483 e. The first kappa shape index (κ1) is 15.8. The Morgan fingerprint density at radius 1 is 1.48 bits per heavy atom. The molecule has 21 heavy (non-hydrogen) atoms. The molecule has 0 amide bonds. The summed E-state index contributed by atoms with van der Waals surface area (Å²) in [6.45, 7) is 9.21. The highest BCUT2D eigenvalue weighted by Crippen LogP contribution is 2.47. The molecule has 1 aliphatic rings. The highest BCUT2D eigenvalue weighted by atomic mass is 16.6. The second-order valence-corrected chi connectivity index (χ2v) is 5.99. The third-order valence-corrected chi connectivity index (χ3v) is 4.84. The molecule has 116 valence electrons. The Morgan fingerprint density at radius 3 is 2.76 bits per heavy atom. The summed E-state index contributed by atoms with van der Waals surface area (Å²) >= 11 is 0. The molecule has 3 atom stereocenters. The molecule has 0 radical (unpaired) electrons. The Bertz CT molecular complexity index is 532. The van der Waals surface area contributed by atoms with Crippen molar-refractivity contribution >= 4 is 5.69 Å². The summed E-state index contributed by atoms with van der Waals surface area (Å²) in [6.07, 6.45) is 1.89. The van der Waals surface area contributed by atoms with Crippen LogP contribution < -0.4 is 10.1 Å². The lowest BCUT2D eigenvalue weighted by molar-refractivity contribution is -0.386. The Kier molecular flexibility index (Phi) is 4.52. The van der Waals surface area contributed by atoms with E-state index in [1.807, 2.05) is 13.0 Å². The maximum absolute atomic E-state index is 11.2. The van der Waals surface area contributed by atoms with Crippen molar-refractivity contribution < 1.29 is 9.66 Å². The summed E-state index contributed by atoms with van der Waals surface area (Å²) in [5.74, 6) is 0.419. The van der Waals surface area contributed by atoms with Gasteiger partial charge in [0.05, 0.1) is 4.92 Å². The Labute approximate surface area is 125 Å². The molecule has 0 heterocycles. The topological polar surface area (TPSA) is 64.4 Å². The monoisotopic (exact) mass is 292 g/mol. The molecule has 3 unspecified atom stereocenters. The summed E-state index contributed by atoms with van der Waals surface area (Å²) in [6, 6.07) is 5.47. The number of rotatable bonds is 6. The van der Waals surface area contributed by atoms with Crippen molar-refractivity contribution in [1.82, 2.24) is 5.32 Å². The van der Waals surface area contributed by atoms with E-state index >= 15 is 0 Å². The van der Waals surface area contributed by atoms with E-state index in [2.05, 4.69) is 26.1 Å². The number of nitrogens with one attached hydrogen (secondary N) is 1. The van der Waals surface area contributed by atoms with Gasteiger partial charge in [0.25, 0.3) is 0 Å². The number of benzene rings is 1. The van der Waals surface area contributed by atoms with E-state index in [1.165, 1.54) is 6.07 Å². The van der Waals surface area contributed by atoms with Gasteiger partial charge in [-0.05, 0) is 25.5 Å². The normalized spacial score (nSPS) is 28.0. The van der Waals surface area contributed by atoms with Crippen LogP contribution in [0.15, 0.2) is 18.2 Å². The van der Waals surface area contributed by atoms with Gasteiger partial charge in [-0.3, -0.25) is 10.1 Å². The fourth-order valence-corrected chi connectivity index (χ4v) is 3.11. The van der Waals surface area contributed by atoms with Crippen molar-refractivity contribution in [3.63, 3.8) is 0 Å². The summed E-state index contributed by atoms with van der Waals surface area (Å²) in [7, 11) is 0. The van der Waals surface area contributed by atoms with Gasteiger partial charge in [0.15, 0.2) is 5.75 Å². The third kappa shape index (κ3) is 2.75. The van der Waals surface area contributed by atoms with Gasteiger partial charge in [0.1, 0.15) is 6.10 Å². The van der Waals surface area contributed by atoms with Gasteiger partial charge in [-0.1, -0.05) is 32.9 Å². The van der Waals surface area contributed by atoms with Crippen molar-refractivity contribution in [1.29, 1.82) is 0 Å². The lowest BCUT2D eigenvalue weighted by Gasteiger charge is -2.53. The van der Waals surface area contributed by atoms with Crippen LogP contribution in [0.1, 0.15) is 39.2 Å². The van der Waals surface area contributed by atoms with Gasteiger partial charge in [-0.25, -0.2) is 0 Å². The van der Waals surface area contributed by atoms with Gasteiger partial charge in [0.2, 0.25) is 0 Å².